The number of carbonyl (C=O) groups excluding carboxylic acids is 3. The van der Waals surface area contributed by atoms with Crippen molar-refractivity contribution in [1.82, 2.24) is 19.7 Å². The van der Waals surface area contributed by atoms with E-state index in [2.05, 4.69) is 29.5 Å². The average molecular weight is 468 g/mol. The van der Waals surface area contributed by atoms with E-state index in [1.807, 2.05) is 26.8 Å². The number of aryl methyl sites for hydroxylation is 4. The van der Waals surface area contributed by atoms with Crippen molar-refractivity contribution in [2.24, 2.45) is 0 Å². The molecule has 8 nitrogen and oxygen atoms in total. The maximum absolute atomic E-state index is 12.8. The van der Waals surface area contributed by atoms with Gasteiger partial charge in [0, 0.05) is 24.4 Å². The number of imide groups is 1. The molecule has 1 aliphatic rings. The van der Waals surface area contributed by atoms with Crippen molar-refractivity contribution < 1.29 is 14.4 Å². The van der Waals surface area contributed by atoms with Crippen molar-refractivity contribution in [3.05, 3.63) is 82.0 Å². The third-order valence-corrected chi connectivity index (χ3v) is 6.20. The van der Waals surface area contributed by atoms with Gasteiger partial charge >= 0.3 is 0 Å². The molecule has 2 aromatic heterocycles. The van der Waals surface area contributed by atoms with Crippen LogP contribution in [0.25, 0.3) is 16.7 Å². The SMILES string of the molecule is Cc1cc(C)c2nc(-n3nc(C)cc3NC(=O)CCN3C(=O)c4ccccc4C3=O)cc(C)c2c1. The minimum absolute atomic E-state index is 0.00280. The molecule has 0 fully saturated rings. The molecule has 0 saturated heterocycles. The van der Waals surface area contributed by atoms with Crippen LogP contribution in [0, 0.1) is 27.7 Å². The Morgan fingerprint density at radius 2 is 1.60 bits per heavy atom. The molecular weight excluding hydrogens is 442 g/mol. The molecule has 8 heteroatoms. The van der Waals surface area contributed by atoms with Gasteiger partial charge in [0.1, 0.15) is 5.82 Å². The smallest absolute Gasteiger partial charge is 0.261 e. The van der Waals surface area contributed by atoms with Gasteiger partial charge < -0.3 is 5.32 Å². The van der Waals surface area contributed by atoms with Crippen LogP contribution in [0.5, 0.6) is 0 Å². The number of hydrogen-bond donors (Lipinski definition) is 1. The molecule has 0 radical (unpaired) electrons. The highest BCUT2D eigenvalue weighted by Gasteiger charge is 2.35. The van der Waals surface area contributed by atoms with Gasteiger partial charge in [-0.15, -0.1) is 0 Å². The summed E-state index contributed by atoms with van der Waals surface area (Å²) in [6.07, 6.45) is -0.0295. The van der Waals surface area contributed by atoms with Crippen LogP contribution in [-0.4, -0.2) is 43.9 Å². The molecular formula is C27H25N5O3. The van der Waals surface area contributed by atoms with Crippen molar-refractivity contribution in [3.63, 3.8) is 0 Å². The first-order valence-electron chi connectivity index (χ1n) is 11.4. The first-order chi connectivity index (χ1) is 16.7. The van der Waals surface area contributed by atoms with Crippen LogP contribution in [0.3, 0.4) is 0 Å². The summed E-state index contributed by atoms with van der Waals surface area (Å²) in [6, 6.07) is 14.6. The third-order valence-electron chi connectivity index (χ3n) is 6.20. The van der Waals surface area contributed by atoms with Gasteiger partial charge in [0.15, 0.2) is 5.82 Å². The molecule has 176 valence electrons. The first kappa shape index (κ1) is 22.5. The molecule has 0 bridgehead atoms. The summed E-state index contributed by atoms with van der Waals surface area (Å²) in [5.74, 6) is 0.00469. The van der Waals surface area contributed by atoms with E-state index in [4.69, 9.17) is 4.98 Å². The monoisotopic (exact) mass is 467 g/mol. The summed E-state index contributed by atoms with van der Waals surface area (Å²) >= 11 is 0. The van der Waals surface area contributed by atoms with Crippen molar-refractivity contribution >= 4 is 34.4 Å². The average Bonchev–Trinajstić information content (AvgIpc) is 3.30. The molecule has 1 aliphatic heterocycles. The van der Waals surface area contributed by atoms with Gasteiger partial charge in [0.2, 0.25) is 5.91 Å². The molecule has 2 aromatic carbocycles. The molecule has 0 saturated carbocycles. The second kappa shape index (κ2) is 8.47. The van der Waals surface area contributed by atoms with E-state index in [1.54, 1.807) is 35.0 Å². The highest BCUT2D eigenvalue weighted by atomic mass is 16.2. The van der Waals surface area contributed by atoms with E-state index in [0.717, 1.165) is 32.6 Å². The standard InChI is InChI=1S/C27H25N5O3/c1-15-11-17(3)25-21(12-15)16(2)13-22(29-25)32-23(14-18(4)30-32)28-24(33)9-10-31-26(34)19-7-5-6-8-20(19)27(31)35/h5-8,11-14H,9-10H2,1-4H3,(H,28,33). The number of anilines is 1. The molecule has 4 aromatic rings. The quantitative estimate of drug-likeness (QED) is 0.442. The summed E-state index contributed by atoms with van der Waals surface area (Å²) in [5.41, 5.74) is 5.66. The lowest BCUT2D eigenvalue weighted by atomic mass is 10.0. The van der Waals surface area contributed by atoms with E-state index >= 15 is 0 Å². The van der Waals surface area contributed by atoms with Crippen LogP contribution in [0.15, 0.2) is 48.5 Å². The molecule has 0 unspecified atom stereocenters. The van der Waals surface area contributed by atoms with Gasteiger partial charge in [-0.25, -0.2) is 4.98 Å². The van der Waals surface area contributed by atoms with Crippen LogP contribution in [0.2, 0.25) is 0 Å². The summed E-state index contributed by atoms with van der Waals surface area (Å²) < 4.78 is 1.61. The number of carbonyl (C=O) groups is 3. The van der Waals surface area contributed by atoms with Crippen LogP contribution >= 0.6 is 0 Å². The van der Waals surface area contributed by atoms with Crippen molar-refractivity contribution in [3.8, 4) is 5.82 Å². The number of amides is 3. The zero-order chi connectivity index (χ0) is 24.9. The number of pyridine rings is 1. The Bertz CT molecular complexity index is 1500. The number of nitrogens with zero attached hydrogens (tertiary/aromatic N) is 4. The Labute approximate surface area is 202 Å². The van der Waals surface area contributed by atoms with Crippen LogP contribution in [0.1, 0.15) is 49.5 Å². The minimum Gasteiger partial charge on any atom is -0.310 e. The van der Waals surface area contributed by atoms with Crippen LogP contribution in [0.4, 0.5) is 5.82 Å². The first-order valence-corrected chi connectivity index (χ1v) is 11.4. The topological polar surface area (TPSA) is 97.2 Å². The molecule has 0 spiro atoms. The Morgan fingerprint density at radius 1 is 0.914 bits per heavy atom. The Balaban J connectivity index is 1.36. The number of aromatic nitrogens is 3. The predicted octanol–water partition coefficient (Wildman–Crippen LogP) is 4.28. The Kier molecular flexibility index (Phi) is 5.43. The molecule has 0 aliphatic carbocycles. The highest BCUT2D eigenvalue weighted by molar-refractivity contribution is 6.21. The van der Waals surface area contributed by atoms with Gasteiger partial charge in [-0.2, -0.15) is 9.78 Å². The molecule has 1 N–H and O–H groups in total. The Hall–Kier alpha value is -4.33. The maximum atomic E-state index is 12.8. The summed E-state index contributed by atoms with van der Waals surface area (Å²) in [5, 5.41) is 8.49. The predicted molar refractivity (Wildman–Crippen MR) is 133 cm³/mol. The molecule has 3 heterocycles. The molecule has 3 amide bonds. The second-order valence-electron chi connectivity index (χ2n) is 8.96. The van der Waals surface area contributed by atoms with Gasteiger partial charge in [-0.1, -0.05) is 23.8 Å². The fraction of sp³-hybridized carbons (Fsp3) is 0.222. The van der Waals surface area contributed by atoms with Gasteiger partial charge in [0.25, 0.3) is 11.8 Å². The third kappa shape index (κ3) is 3.97. The van der Waals surface area contributed by atoms with E-state index in [-0.39, 0.29) is 30.7 Å². The van der Waals surface area contributed by atoms with Gasteiger partial charge in [-0.3, -0.25) is 19.3 Å². The lowest BCUT2D eigenvalue weighted by molar-refractivity contribution is -0.116. The number of hydrogen-bond acceptors (Lipinski definition) is 5. The van der Waals surface area contributed by atoms with Gasteiger partial charge in [-0.05, 0) is 63.1 Å². The molecule has 0 atom stereocenters. The number of fused-ring (bicyclic) bond motifs is 2. The van der Waals surface area contributed by atoms with Crippen molar-refractivity contribution in [1.29, 1.82) is 0 Å². The lowest BCUT2D eigenvalue weighted by Gasteiger charge is -2.14. The normalized spacial score (nSPS) is 13.0. The Morgan fingerprint density at radius 3 is 2.29 bits per heavy atom. The minimum atomic E-state index is -0.374. The molecule has 5 rings (SSSR count). The van der Waals surface area contributed by atoms with E-state index in [0.29, 0.717) is 22.8 Å². The van der Waals surface area contributed by atoms with E-state index in [9.17, 15) is 14.4 Å². The number of rotatable bonds is 5. The largest absolute Gasteiger partial charge is 0.310 e. The fourth-order valence-corrected chi connectivity index (χ4v) is 4.56. The van der Waals surface area contributed by atoms with Crippen molar-refractivity contribution in [2.45, 2.75) is 34.1 Å². The number of benzene rings is 2. The van der Waals surface area contributed by atoms with E-state index in [1.165, 1.54) is 5.56 Å². The lowest BCUT2D eigenvalue weighted by Crippen LogP contribution is -2.33. The maximum Gasteiger partial charge on any atom is 0.261 e. The zero-order valence-electron chi connectivity index (χ0n) is 20.0. The fourth-order valence-electron chi connectivity index (χ4n) is 4.56. The zero-order valence-corrected chi connectivity index (χ0v) is 20.0. The summed E-state index contributed by atoms with van der Waals surface area (Å²) in [6.45, 7) is 7.96. The second-order valence-corrected chi connectivity index (χ2v) is 8.96. The van der Waals surface area contributed by atoms with E-state index < -0.39 is 0 Å². The van der Waals surface area contributed by atoms with Crippen LogP contribution < -0.4 is 5.32 Å². The van der Waals surface area contributed by atoms with Crippen LogP contribution in [-0.2, 0) is 4.79 Å². The summed E-state index contributed by atoms with van der Waals surface area (Å²) in [4.78, 5) is 43.9. The number of nitrogens with one attached hydrogen (secondary N) is 1. The summed E-state index contributed by atoms with van der Waals surface area (Å²) in [7, 11) is 0. The highest BCUT2D eigenvalue weighted by Crippen LogP contribution is 2.26. The van der Waals surface area contributed by atoms with Gasteiger partial charge in [0.05, 0.1) is 22.3 Å². The molecule has 35 heavy (non-hydrogen) atoms. The van der Waals surface area contributed by atoms with Crippen molar-refractivity contribution in [2.75, 3.05) is 11.9 Å².